The summed E-state index contributed by atoms with van der Waals surface area (Å²) in [5, 5.41) is 11.2. The maximum atomic E-state index is 13.2. The zero-order valence-electron chi connectivity index (χ0n) is 18.5. The van der Waals surface area contributed by atoms with Gasteiger partial charge in [0, 0.05) is 18.7 Å². The van der Waals surface area contributed by atoms with E-state index in [9.17, 15) is 14.7 Å². The van der Waals surface area contributed by atoms with E-state index in [1.807, 2.05) is 6.07 Å². The van der Waals surface area contributed by atoms with Gasteiger partial charge >= 0.3 is 0 Å². The van der Waals surface area contributed by atoms with Crippen molar-refractivity contribution in [1.29, 1.82) is 0 Å². The minimum absolute atomic E-state index is 0.0635. The number of aliphatic hydroxyl groups is 1. The normalized spacial score (nSPS) is 21.7. The van der Waals surface area contributed by atoms with E-state index in [0.29, 0.717) is 41.5 Å². The highest BCUT2D eigenvalue weighted by atomic mass is 16.7. The van der Waals surface area contributed by atoms with Crippen molar-refractivity contribution in [3.63, 3.8) is 0 Å². The van der Waals surface area contributed by atoms with Crippen molar-refractivity contribution in [2.45, 2.75) is 18.9 Å². The van der Waals surface area contributed by atoms with Gasteiger partial charge in [-0.2, -0.15) is 0 Å². The van der Waals surface area contributed by atoms with Crippen molar-refractivity contribution in [3.05, 3.63) is 59.2 Å². The maximum absolute atomic E-state index is 13.2. The van der Waals surface area contributed by atoms with E-state index in [4.69, 9.17) is 14.2 Å². The number of fused-ring (bicyclic) bond motifs is 1. The van der Waals surface area contributed by atoms with Crippen LogP contribution in [0.5, 0.6) is 17.2 Å². The van der Waals surface area contributed by atoms with E-state index in [2.05, 4.69) is 4.90 Å². The molecule has 1 atom stereocenters. The third-order valence-corrected chi connectivity index (χ3v) is 6.45. The first-order chi connectivity index (χ1) is 16.1. The highest BCUT2D eigenvalue weighted by Crippen LogP contribution is 2.43. The standard InChI is InChI=1S/C25H26N2O6/c1-31-18-6-4-5-17(13-18)23(28)21-22(16-7-8-19-20(14-16)33-15-32-19)27(25(30)24(21)29)12-11-26-9-2-3-10-26/h4-8,13-14,22,28H,2-3,9-12,15H2,1H3/t22-/m0/s1. The minimum Gasteiger partial charge on any atom is -0.507 e. The van der Waals surface area contributed by atoms with Crippen LogP contribution in [0.1, 0.15) is 30.0 Å². The Morgan fingerprint density at radius 3 is 2.64 bits per heavy atom. The fourth-order valence-electron chi connectivity index (χ4n) is 4.72. The first-order valence-corrected chi connectivity index (χ1v) is 11.1. The summed E-state index contributed by atoms with van der Waals surface area (Å²) in [6.45, 7) is 3.16. The number of carbonyl (C=O) groups excluding carboxylic acids is 2. The van der Waals surface area contributed by atoms with Gasteiger partial charge in [0.2, 0.25) is 6.79 Å². The molecule has 3 heterocycles. The lowest BCUT2D eigenvalue weighted by Crippen LogP contribution is -2.37. The molecule has 0 aliphatic carbocycles. The summed E-state index contributed by atoms with van der Waals surface area (Å²) in [5.74, 6) is 0.181. The van der Waals surface area contributed by atoms with Crippen molar-refractivity contribution < 1.29 is 28.9 Å². The van der Waals surface area contributed by atoms with E-state index < -0.39 is 17.7 Å². The summed E-state index contributed by atoms with van der Waals surface area (Å²) in [6, 6.07) is 11.4. The highest BCUT2D eigenvalue weighted by Gasteiger charge is 2.46. The topological polar surface area (TPSA) is 88.5 Å². The third-order valence-electron chi connectivity index (χ3n) is 6.45. The number of carbonyl (C=O) groups is 2. The molecule has 0 bridgehead atoms. The number of likely N-dealkylation sites (tertiary alicyclic amines) is 2. The number of methoxy groups -OCH3 is 1. The van der Waals surface area contributed by atoms with Gasteiger partial charge in [-0.3, -0.25) is 9.59 Å². The molecule has 0 unspecified atom stereocenters. The Balaban J connectivity index is 1.58. The van der Waals surface area contributed by atoms with Crippen LogP contribution in [-0.2, 0) is 9.59 Å². The lowest BCUT2D eigenvalue weighted by molar-refractivity contribution is -0.140. The van der Waals surface area contributed by atoms with Crippen molar-refractivity contribution in [2.75, 3.05) is 40.1 Å². The van der Waals surface area contributed by atoms with Crippen LogP contribution in [-0.4, -0.2) is 66.7 Å². The lowest BCUT2D eigenvalue weighted by atomic mass is 9.95. The number of rotatable bonds is 6. The van der Waals surface area contributed by atoms with Crippen LogP contribution in [0.3, 0.4) is 0 Å². The molecule has 2 aromatic rings. The van der Waals surface area contributed by atoms with Gasteiger partial charge < -0.3 is 29.1 Å². The molecule has 172 valence electrons. The van der Waals surface area contributed by atoms with Crippen molar-refractivity contribution in [3.8, 4) is 17.2 Å². The molecule has 5 rings (SSSR count). The Morgan fingerprint density at radius 2 is 1.85 bits per heavy atom. The molecule has 0 radical (unpaired) electrons. The van der Waals surface area contributed by atoms with Gasteiger partial charge in [-0.05, 0) is 55.8 Å². The predicted molar refractivity (Wildman–Crippen MR) is 120 cm³/mol. The Bertz CT molecular complexity index is 1120. The zero-order valence-corrected chi connectivity index (χ0v) is 18.5. The summed E-state index contributed by atoms with van der Waals surface area (Å²) in [6.07, 6.45) is 2.28. The fraction of sp³-hybridized carbons (Fsp3) is 0.360. The summed E-state index contributed by atoms with van der Waals surface area (Å²) in [4.78, 5) is 30.2. The second-order valence-electron chi connectivity index (χ2n) is 8.39. The number of Topliss-reactive ketones (excluding diaryl/α,β-unsaturated/α-hetero) is 1. The number of ketones is 1. The molecule has 33 heavy (non-hydrogen) atoms. The van der Waals surface area contributed by atoms with Crippen LogP contribution < -0.4 is 14.2 Å². The molecule has 1 amide bonds. The number of hydrogen-bond donors (Lipinski definition) is 1. The van der Waals surface area contributed by atoms with E-state index >= 15 is 0 Å². The predicted octanol–water partition coefficient (Wildman–Crippen LogP) is 2.94. The zero-order chi connectivity index (χ0) is 22.9. The Morgan fingerprint density at radius 1 is 1.06 bits per heavy atom. The van der Waals surface area contributed by atoms with Gasteiger partial charge in [-0.25, -0.2) is 0 Å². The summed E-state index contributed by atoms with van der Waals surface area (Å²) >= 11 is 0. The number of nitrogens with zero attached hydrogens (tertiary/aromatic N) is 2. The second-order valence-corrected chi connectivity index (χ2v) is 8.39. The molecular formula is C25H26N2O6. The smallest absolute Gasteiger partial charge is 0.295 e. The number of ether oxygens (including phenoxy) is 3. The van der Waals surface area contributed by atoms with Crippen LogP contribution in [0.2, 0.25) is 0 Å². The molecule has 8 heteroatoms. The third kappa shape index (κ3) is 3.91. The molecular weight excluding hydrogens is 424 g/mol. The van der Waals surface area contributed by atoms with Crippen LogP contribution in [0.4, 0.5) is 0 Å². The summed E-state index contributed by atoms with van der Waals surface area (Å²) < 4.78 is 16.2. The van der Waals surface area contributed by atoms with E-state index in [1.165, 1.54) is 7.11 Å². The minimum atomic E-state index is -0.728. The number of benzene rings is 2. The van der Waals surface area contributed by atoms with Gasteiger partial charge in [0.1, 0.15) is 11.5 Å². The van der Waals surface area contributed by atoms with E-state index in [0.717, 1.165) is 25.9 Å². The van der Waals surface area contributed by atoms with Crippen molar-refractivity contribution >= 4 is 17.4 Å². The number of amides is 1. The van der Waals surface area contributed by atoms with Gasteiger partial charge in [0.05, 0.1) is 18.7 Å². The molecule has 1 N–H and O–H groups in total. The first kappa shape index (κ1) is 21.3. The Labute approximate surface area is 192 Å². The highest BCUT2D eigenvalue weighted by molar-refractivity contribution is 6.46. The monoisotopic (exact) mass is 450 g/mol. The van der Waals surface area contributed by atoms with Gasteiger partial charge in [-0.15, -0.1) is 0 Å². The number of hydrogen-bond acceptors (Lipinski definition) is 7. The van der Waals surface area contributed by atoms with Crippen LogP contribution in [0.15, 0.2) is 48.0 Å². The second kappa shape index (κ2) is 8.78. The molecule has 3 aliphatic heterocycles. The Hall–Kier alpha value is -3.52. The molecule has 0 saturated carbocycles. The largest absolute Gasteiger partial charge is 0.507 e. The average molecular weight is 450 g/mol. The molecule has 2 aromatic carbocycles. The maximum Gasteiger partial charge on any atom is 0.295 e. The molecule has 3 aliphatic rings. The van der Waals surface area contributed by atoms with Crippen LogP contribution in [0.25, 0.3) is 5.76 Å². The van der Waals surface area contributed by atoms with Crippen LogP contribution >= 0.6 is 0 Å². The van der Waals surface area contributed by atoms with Crippen molar-refractivity contribution in [1.82, 2.24) is 9.80 Å². The quantitative estimate of drug-likeness (QED) is 0.411. The lowest BCUT2D eigenvalue weighted by Gasteiger charge is -2.27. The summed E-state index contributed by atoms with van der Waals surface area (Å²) in [7, 11) is 1.53. The molecule has 0 spiro atoms. The van der Waals surface area contributed by atoms with E-state index in [1.54, 1.807) is 41.3 Å². The van der Waals surface area contributed by atoms with Gasteiger partial charge in [0.15, 0.2) is 11.5 Å². The van der Waals surface area contributed by atoms with Crippen molar-refractivity contribution in [2.24, 2.45) is 0 Å². The molecule has 2 fully saturated rings. The first-order valence-electron chi connectivity index (χ1n) is 11.1. The fourth-order valence-corrected chi connectivity index (χ4v) is 4.72. The van der Waals surface area contributed by atoms with Gasteiger partial charge in [-0.1, -0.05) is 18.2 Å². The van der Waals surface area contributed by atoms with E-state index in [-0.39, 0.29) is 18.1 Å². The SMILES string of the molecule is COc1cccc(C(O)=C2C(=O)C(=O)N(CCN3CCCC3)[C@H]2c2ccc3c(c2)OCO3)c1. The summed E-state index contributed by atoms with van der Waals surface area (Å²) in [5.41, 5.74) is 1.16. The Kier molecular flexibility index (Phi) is 5.68. The van der Waals surface area contributed by atoms with Gasteiger partial charge in [0.25, 0.3) is 11.7 Å². The molecule has 0 aromatic heterocycles. The average Bonchev–Trinajstić information content (AvgIpc) is 3.58. The number of aliphatic hydroxyl groups excluding tert-OH is 1. The molecule has 8 nitrogen and oxygen atoms in total. The molecule has 2 saturated heterocycles. The van der Waals surface area contributed by atoms with Crippen LogP contribution in [0, 0.1) is 0 Å².